The molecular weight excluding hydrogens is 512 g/mol. The summed E-state index contributed by atoms with van der Waals surface area (Å²) in [4.78, 5) is 0. The zero-order chi connectivity index (χ0) is 27.6. The van der Waals surface area contributed by atoms with E-state index < -0.39 is 0 Å². The van der Waals surface area contributed by atoms with Crippen molar-refractivity contribution in [2.75, 3.05) is 0 Å². The van der Waals surface area contributed by atoms with Gasteiger partial charge in [0.05, 0.1) is 0 Å². The molecular formula is C40H24O2. The van der Waals surface area contributed by atoms with Crippen LogP contribution in [0.25, 0.3) is 65.3 Å². The third-order valence-electron chi connectivity index (χ3n) is 8.45. The maximum Gasteiger partial charge on any atom is 0.177 e. The Labute approximate surface area is 243 Å². The van der Waals surface area contributed by atoms with Crippen LogP contribution in [0.3, 0.4) is 0 Å². The van der Waals surface area contributed by atoms with Crippen LogP contribution in [0, 0.1) is 0 Å². The largest absolute Gasteiger partial charge is 0.449 e. The number of hydrogen-bond donors (Lipinski definition) is 0. The second-order valence-electron chi connectivity index (χ2n) is 10.9. The van der Waals surface area contributed by atoms with Gasteiger partial charge in [0.15, 0.2) is 23.0 Å². The van der Waals surface area contributed by atoms with Gasteiger partial charge in [0.1, 0.15) is 0 Å². The molecule has 0 amide bonds. The van der Waals surface area contributed by atoms with Gasteiger partial charge in [-0.05, 0) is 96.4 Å². The van der Waals surface area contributed by atoms with Gasteiger partial charge in [-0.15, -0.1) is 0 Å². The van der Waals surface area contributed by atoms with Gasteiger partial charge in [-0.2, -0.15) is 0 Å². The van der Waals surface area contributed by atoms with E-state index in [1.54, 1.807) is 0 Å². The van der Waals surface area contributed by atoms with Crippen LogP contribution in [0.5, 0.6) is 23.0 Å². The first-order valence-corrected chi connectivity index (χ1v) is 14.3. The molecule has 0 atom stereocenters. The molecule has 0 aliphatic carbocycles. The smallest absolute Gasteiger partial charge is 0.177 e. The second kappa shape index (κ2) is 8.95. The highest BCUT2D eigenvalue weighted by Crippen LogP contribution is 2.51. The molecule has 8 aromatic rings. The topological polar surface area (TPSA) is 18.5 Å². The van der Waals surface area contributed by atoms with Gasteiger partial charge in [-0.3, -0.25) is 0 Å². The molecule has 0 aromatic heterocycles. The minimum atomic E-state index is 0.734. The molecule has 0 saturated carbocycles. The summed E-state index contributed by atoms with van der Waals surface area (Å²) in [6, 6.07) is 51.6. The van der Waals surface area contributed by atoms with Gasteiger partial charge in [0, 0.05) is 5.39 Å². The Bertz CT molecular complexity index is 2310. The van der Waals surface area contributed by atoms with Crippen molar-refractivity contribution in [3.63, 3.8) is 0 Å². The summed E-state index contributed by atoms with van der Waals surface area (Å²) >= 11 is 0. The molecule has 1 aliphatic rings. The quantitative estimate of drug-likeness (QED) is 0.205. The van der Waals surface area contributed by atoms with Crippen molar-refractivity contribution in [1.82, 2.24) is 0 Å². The molecule has 0 saturated heterocycles. The molecule has 196 valence electrons. The SMILES string of the molecule is c1ccc2c(c1)Oc1cc(-c3ccc4cc(-c5c6ccccc6cc6ccccc56)ccc4c3)c3ccccc3c1O2. The zero-order valence-corrected chi connectivity index (χ0v) is 22.7. The second-order valence-corrected chi connectivity index (χ2v) is 10.9. The molecule has 0 N–H and O–H groups in total. The molecule has 1 aliphatic heterocycles. The zero-order valence-electron chi connectivity index (χ0n) is 22.7. The molecule has 8 aromatic carbocycles. The number of para-hydroxylation sites is 2. The lowest BCUT2D eigenvalue weighted by Crippen LogP contribution is -2.00. The van der Waals surface area contributed by atoms with E-state index in [0.717, 1.165) is 44.9 Å². The van der Waals surface area contributed by atoms with Crippen molar-refractivity contribution in [2.45, 2.75) is 0 Å². The minimum absolute atomic E-state index is 0.734. The highest BCUT2D eigenvalue weighted by Gasteiger charge is 2.23. The Kier molecular flexibility index (Phi) is 4.93. The van der Waals surface area contributed by atoms with Gasteiger partial charge >= 0.3 is 0 Å². The lowest BCUT2D eigenvalue weighted by atomic mass is 9.90. The summed E-state index contributed by atoms with van der Waals surface area (Å²) < 4.78 is 12.7. The Hall–Kier alpha value is -5.60. The third-order valence-corrected chi connectivity index (χ3v) is 8.45. The van der Waals surface area contributed by atoms with Crippen molar-refractivity contribution < 1.29 is 9.47 Å². The van der Waals surface area contributed by atoms with Crippen LogP contribution in [-0.4, -0.2) is 0 Å². The number of fused-ring (bicyclic) bond motifs is 7. The average molecular weight is 537 g/mol. The fraction of sp³-hybridized carbons (Fsp3) is 0. The fourth-order valence-corrected chi connectivity index (χ4v) is 6.48. The molecule has 0 spiro atoms. The highest BCUT2D eigenvalue weighted by molar-refractivity contribution is 6.13. The number of ether oxygens (including phenoxy) is 2. The summed E-state index contributed by atoms with van der Waals surface area (Å²) in [5.74, 6) is 2.98. The van der Waals surface area contributed by atoms with E-state index >= 15 is 0 Å². The van der Waals surface area contributed by atoms with Crippen LogP contribution in [-0.2, 0) is 0 Å². The standard InChI is InChI=1S/C40H24O2/c1-3-11-31-27(9-1)23-28-10-2-4-12-32(28)39(31)30-20-18-25-21-29(19-17-26(25)22-30)35-24-38-40(34-14-6-5-13-33(34)35)42-37-16-8-7-15-36(37)41-38/h1-24H. The highest BCUT2D eigenvalue weighted by atomic mass is 16.6. The Morgan fingerprint density at radius 1 is 0.333 bits per heavy atom. The van der Waals surface area contributed by atoms with E-state index in [0.29, 0.717) is 0 Å². The summed E-state index contributed by atoms with van der Waals surface area (Å²) in [5, 5.41) is 9.65. The summed E-state index contributed by atoms with van der Waals surface area (Å²) in [6.07, 6.45) is 0. The van der Waals surface area contributed by atoms with Gasteiger partial charge < -0.3 is 9.47 Å². The Morgan fingerprint density at radius 3 is 1.60 bits per heavy atom. The van der Waals surface area contributed by atoms with Crippen molar-refractivity contribution in [1.29, 1.82) is 0 Å². The molecule has 0 radical (unpaired) electrons. The van der Waals surface area contributed by atoms with Crippen molar-refractivity contribution >= 4 is 43.1 Å². The van der Waals surface area contributed by atoms with Gasteiger partial charge in [0.2, 0.25) is 0 Å². The lowest BCUT2D eigenvalue weighted by molar-refractivity contribution is 0.363. The van der Waals surface area contributed by atoms with E-state index in [-0.39, 0.29) is 0 Å². The van der Waals surface area contributed by atoms with E-state index in [1.165, 1.54) is 43.4 Å². The predicted octanol–water partition coefficient (Wildman–Crippen LogP) is 11.5. The summed E-state index contributed by atoms with van der Waals surface area (Å²) in [6.45, 7) is 0. The van der Waals surface area contributed by atoms with Crippen LogP contribution in [0.1, 0.15) is 0 Å². The maximum atomic E-state index is 6.35. The molecule has 0 bridgehead atoms. The van der Waals surface area contributed by atoms with Gasteiger partial charge in [0.25, 0.3) is 0 Å². The first kappa shape index (κ1) is 23.1. The van der Waals surface area contributed by atoms with E-state index in [4.69, 9.17) is 9.47 Å². The Morgan fingerprint density at radius 2 is 0.881 bits per heavy atom. The number of rotatable bonds is 2. The van der Waals surface area contributed by atoms with E-state index in [9.17, 15) is 0 Å². The number of hydrogen-bond acceptors (Lipinski definition) is 2. The van der Waals surface area contributed by atoms with Gasteiger partial charge in [-0.1, -0.05) is 109 Å². The Balaban J connectivity index is 1.20. The first-order chi connectivity index (χ1) is 20.8. The van der Waals surface area contributed by atoms with Gasteiger partial charge in [-0.25, -0.2) is 0 Å². The molecule has 9 rings (SSSR count). The van der Waals surface area contributed by atoms with Crippen LogP contribution in [0.2, 0.25) is 0 Å². The molecule has 42 heavy (non-hydrogen) atoms. The van der Waals surface area contributed by atoms with E-state index in [2.05, 4.69) is 121 Å². The maximum absolute atomic E-state index is 6.35. The third kappa shape index (κ3) is 3.52. The molecule has 1 heterocycles. The van der Waals surface area contributed by atoms with Crippen molar-refractivity contribution in [3.8, 4) is 45.3 Å². The first-order valence-electron chi connectivity index (χ1n) is 14.3. The van der Waals surface area contributed by atoms with Crippen molar-refractivity contribution in [3.05, 3.63) is 146 Å². The fourth-order valence-electron chi connectivity index (χ4n) is 6.48. The summed E-state index contributed by atoms with van der Waals surface area (Å²) in [5.41, 5.74) is 4.78. The monoisotopic (exact) mass is 536 g/mol. The average Bonchev–Trinajstić information content (AvgIpc) is 3.05. The van der Waals surface area contributed by atoms with Crippen LogP contribution >= 0.6 is 0 Å². The normalized spacial score (nSPS) is 12.2. The minimum Gasteiger partial charge on any atom is -0.449 e. The molecule has 0 unspecified atom stereocenters. The lowest BCUT2D eigenvalue weighted by Gasteiger charge is -2.23. The molecule has 0 fully saturated rings. The van der Waals surface area contributed by atoms with Crippen LogP contribution < -0.4 is 9.47 Å². The molecule has 2 nitrogen and oxygen atoms in total. The summed E-state index contributed by atoms with van der Waals surface area (Å²) in [7, 11) is 0. The van der Waals surface area contributed by atoms with Crippen molar-refractivity contribution in [2.24, 2.45) is 0 Å². The predicted molar refractivity (Wildman–Crippen MR) is 174 cm³/mol. The molecule has 2 heteroatoms. The van der Waals surface area contributed by atoms with E-state index in [1.807, 2.05) is 24.3 Å². The number of benzene rings is 8. The van der Waals surface area contributed by atoms with Crippen LogP contribution in [0.4, 0.5) is 0 Å². The van der Waals surface area contributed by atoms with Crippen LogP contribution in [0.15, 0.2) is 146 Å².